The Morgan fingerprint density at radius 2 is 2.14 bits per heavy atom. The first-order chi connectivity index (χ1) is 9.83. The van der Waals surface area contributed by atoms with Gasteiger partial charge >= 0.3 is 5.97 Å². The van der Waals surface area contributed by atoms with E-state index in [0.717, 1.165) is 9.90 Å². The Morgan fingerprint density at radius 3 is 2.62 bits per heavy atom. The molecule has 1 aromatic heterocycles. The number of hydrogen-bond acceptors (Lipinski definition) is 7. The van der Waals surface area contributed by atoms with E-state index in [1.807, 2.05) is 20.8 Å². The van der Waals surface area contributed by atoms with E-state index in [9.17, 15) is 9.59 Å². The van der Waals surface area contributed by atoms with Crippen LogP contribution in [0.3, 0.4) is 0 Å². The molecule has 0 aromatic carbocycles. The zero-order valence-corrected chi connectivity index (χ0v) is 14.3. The van der Waals surface area contributed by atoms with Crippen molar-refractivity contribution in [3.8, 4) is 0 Å². The fourth-order valence-electron chi connectivity index (χ4n) is 1.73. The van der Waals surface area contributed by atoms with E-state index in [4.69, 9.17) is 10.5 Å². The highest BCUT2D eigenvalue weighted by atomic mass is 32.2. The van der Waals surface area contributed by atoms with Crippen LogP contribution in [0.5, 0.6) is 0 Å². The molecule has 21 heavy (non-hydrogen) atoms. The van der Waals surface area contributed by atoms with Crippen molar-refractivity contribution in [3.63, 3.8) is 0 Å². The molecule has 1 amide bonds. The third-order valence-corrected chi connectivity index (χ3v) is 4.98. The lowest BCUT2D eigenvalue weighted by Crippen LogP contribution is -2.43. The first kappa shape index (κ1) is 17.8. The minimum absolute atomic E-state index is 0.206. The smallest absolute Gasteiger partial charge is 0.328 e. The molecule has 0 saturated carbocycles. The lowest BCUT2D eigenvalue weighted by molar-refractivity contribution is -0.145. The number of hydrogen-bond donors (Lipinski definition) is 2. The molecule has 1 unspecified atom stereocenters. The number of aromatic nitrogens is 1. The molecule has 1 heterocycles. The van der Waals surface area contributed by atoms with E-state index < -0.39 is 12.0 Å². The number of aryl methyl sites for hydroxylation is 1. The van der Waals surface area contributed by atoms with Crippen LogP contribution in [-0.2, 0) is 14.3 Å². The molecule has 0 saturated heterocycles. The molecule has 3 N–H and O–H groups in total. The Bertz CT molecular complexity index is 503. The highest BCUT2D eigenvalue weighted by Crippen LogP contribution is 2.30. The molecule has 1 aromatic rings. The maximum atomic E-state index is 12.0. The third-order valence-electron chi connectivity index (χ3n) is 2.63. The second kappa shape index (κ2) is 8.23. The molecule has 0 bridgehead atoms. The van der Waals surface area contributed by atoms with E-state index in [0.29, 0.717) is 11.6 Å². The van der Waals surface area contributed by atoms with Crippen molar-refractivity contribution in [2.45, 2.75) is 37.4 Å². The van der Waals surface area contributed by atoms with Gasteiger partial charge in [-0.3, -0.25) is 4.79 Å². The molecule has 118 valence electrons. The van der Waals surface area contributed by atoms with E-state index in [2.05, 4.69) is 10.3 Å². The standard InChI is InChI=1S/C13H21N3O3S2/c1-7(2)5-9(11(18)19-4)16-10(17)6-20-12-8(3)15-13(14)21-12/h7,9H,5-6H2,1-4H3,(H2,14,15)(H,16,17). The maximum Gasteiger partial charge on any atom is 0.328 e. The summed E-state index contributed by atoms with van der Waals surface area (Å²) in [5, 5.41) is 3.20. The van der Waals surface area contributed by atoms with Crippen LogP contribution in [0, 0.1) is 12.8 Å². The average Bonchev–Trinajstić information content (AvgIpc) is 2.72. The van der Waals surface area contributed by atoms with Crippen LogP contribution < -0.4 is 11.1 Å². The van der Waals surface area contributed by atoms with Crippen LogP contribution in [0.4, 0.5) is 5.13 Å². The van der Waals surface area contributed by atoms with E-state index >= 15 is 0 Å². The average molecular weight is 331 g/mol. The van der Waals surface area contributed by atoms with Gasteiger partial charge in [0.2, 0.25) is 5.91 Å². The van der Waals surface area contributed by atoms with Crippen molar-refractivity contribution in [2.24, 2.45) is 5.92 Å². The number of carbonyl (C=O) groups excluding carboxylic acids is 2. The number of carbonyl (C=O) groups is 2. The first-order valence-corrected chi connectivity index (χ1v) is 8.36. The van der Waals surface area contributed by atoms with Crippen LogP contribution in [0.25, 0.3) is 0 Å². The number of thioether (sulfide) groups is 1. The Hall–Kier alpha value is -1.28. The van der Waals surface area contributed by atoms with Crippen LogP contribution in [0.2, 0.25) is 0 Å². The van der Waals surface area contributed by atoms with Crippen molar-refractivity contribution < 1.29 is 14.3 Å². The Kier molecular flexibility index (Phi) is 6.97. The zero-order valence-electron chi connectivity index (χ0n) is 12.6. The fraction of sp³-hybridized carbons (Fsp3) is 0.615. The topological polar surface area (TPSA) is 94.3 Å². The van der Waals surface area contributed by atoms with Crippen LogP contribution in [0.1, 0.15) is 26.0 Å². The van der Waals surface area contributed by atoms with Crippen LogP contribution >= 0.6 is 23.1 Å². The number of anilines is 1. The summed E-state index contributed by atoms with van der Waals surface area (Å²) in [4.78, 5) is 27.7. The summed E-state index contributed by atoms with van der Waals surface area (Å²) in [7, 11) is 1.32. The van der Waals surface area contributed by atoms with Gasteiger partial charge in [0.1, 0.15) is 6.04 Å². The van der Waals surface area contributed by atoms with Gasteiger partial charge < -0.3 is 15.8 Å². The van der Waals surface area contributed by atoms with Gasteiger partial charge in [0.05, 0.1) is 22.8 Å². The normalized spacial score (nSPS) is 12.2. The lowest BCUT2D eigenvalue weighted by Gasteiger charge is -2.18. The summed E-state index contributed by atoms with van der Waals surface area (Å²) in [6, 6.07) is -0.601. The molecule has 1 rings (SSSR count). The lowest BCUT2D eigenvalue weighted by atomic mass is 10.0. The van der Waals surface area contributed by atoms with Gasteiger partial charge in [-0.1, -0.05) is 25.2 Å². The molecular weight excluding hydrogens is 310 g/mol. The largest absolute Gasteiger partial charge is 0.467 e. The fourth-order valence-corrected chi connectivity index (χ4v) is 3.57. The van der Waals surface area contributed by atoms with Gasteiger partial charge in [-0.15, -0.1) is 11.8 Å². The predicted octanol–water partition coefficient (Wildman–Crippen LogP) is 1.83. The summed E-state index contributed by atoms with van der Waals surface area (Å²) in [6.45, 7) is 5.82. The van der Waals surface area contributed by atoms with Gasteiger partial charge in [0.15, 0.2) is 5.13 Å². The quantitative estimate of drug-likeness (QED) is 0.585. The number of nitrogens with zero attached hydrogens (tertiary/aromatic N) is 1. The monoisotopic (exact) mass is 331 g/mol. The predicted molar refractivity (Wildman–Crippen MR) is 85.4 cm³/mol. The molecule has 0 aliphatic rings. The van der Waals surface area contributed by atoms with Gasteiger partial charge in [0, 0.05) is 0 Å². The summed E-state index contributed by atoms with van der Waals surface area (Å²) in [5.41, 5.74) is 6.43. The minimum Gasteiger partial charge on any atom is -0.467 e. The maximum absolute atomic E-state index is 12.0. The second-order valence-corrected chi connectivity index (χ2v) is 7.26. The minimum atomic E-state index is -0.601. The molecule has 0 radical (unpaired) electrons. The van der Waals surface area contributed by atoms with Crippen molar-refractivity contribution >= 4 is 40.1 Å². The third kappa shape index (κ3) is 5.92. The Balaban J connectivity index is 2.53. The molecule has 0 aliphatic heterocycles. The summed E-state index contributed by atoms with van der Waals surface area (Å²) in [5.74, 6) is -0.123. The molecule has 0 fully saturated rings. The van der Waals surface area contributed by atoms with E-state index in [1.165, 1.54) is 30.2 Å². The van der Waals surface area contributed by atoms with Gasteiger partial charge in [-0.2, -0.15) is 0 Å². The number of rotatable bonds is 7. The van der Waals surface area contributed by atoms with Crippen molar-refractivity contribution in [3.05, 3.63) is 5.69 Å². The SMILES string of the molecule is COC(=O)C(CC(C)C)NC(=O)CSc1sc(N)nc1C. The molecule has 8 heteroatoms. The van der Waals surface area contributed by atoms with Gasteiger partial charge in [0.25, 0.3) is 0 Å². The summed E-state index contributed by atoms with van der Waals surface area (Å²) < 4.78 is 5.63. The number of ether oxygens (including phenoxy) is 1. The first-order valence-electron chi connectivity index (χ1n) is 6.56. The van der Waals surface area contributed by atoms with Crippen molar-refractivity contribution in [1.29, 1.82) is 0 Å². The molecule has 1 atom stereocenters. The number of esters is 1. The highest BCUT2D eigenvalue weighted by molar-refractivity contribution is 8.01. The number of methoxy groups -OCH3 is 1. The van der Waals surface area contributed by atoms with Crippen molar-refractivity contribution in [2.75, 3.05) is 18.6 Å². The zero-order chi connectivity index (χ0) is 16.0. The molecule has 6 nitrogen and oxygen atoms in total. The van der Waals surface area contributed by atoms with E-state index in [1.54, 1.807) is 0 Å². The number of nitrogens with two attached hydrogens (primary N) is 1. The van der Waals surface area contributed by atoms with Crippen LogP contribution in [-0.4, -0.2) is 35.8 Å². The van der Waals surface area contributed by atoms with Crippen LogP contribution in [0.15, 0.2) is 4.21 Å². The molecule has 0 aliphatic carbocycles. The number of nitrogen functional groups attached to an aromatic ring is 1. The Morgan fingerprint density at radius 1 is 1.48 bits per heavy atom. The van der Waals surface area contributed by atoms with Crippen molar-refractivity contribution in [1.82, 2.24) is 10.3 Å². The Labute approximate surface area is 132 Å². The molecule has 0 spiro atoms. The summed E-state index contributed by atoms with van der Waals surface area (Å²) in [6.07, 6.45) is 0.551. The highest BCUT2D eigenvalue weighted by Gasteiger charge is 2.22. The second-order valence-electron chi connectivity index (χ2n) is 4.99. The van der Waals surface area contributed by atoms with E-state index in [-0.39, 0.29) is 17.6 Å². The molecular formula is C13H21N3O3S2. The van der Waals surface area contributed by atoms with Gasteiger partial charge in [-0.05, 0) is 19.3 Å². The number of amides is 1. The summed E-state index contributed by atoms with van der Waals surface area (Å²) >= 11 is 2.72. The number of thiazole rings is 1. The van der Waals surface area contributed by atoms with Gasteiger partial charge in [-0.25, -0.2) is 9.78 Å². The number of nitrogens with one attached hydrogen (secondary N) is 1.